The van der Waals surface area contributed by atoms with E-state index in [-0.39, 0.29) is 17.4 Å². The molecule has 38 heavy (non-hydrogen) atoms. The Morgan fingerprint density at radius 2 is 1.50 bits per heavy atom. The molecule has 202 valence electrons. The molecule has 0 saturated carbocycles. The van der Waals surface area contributed by atoms with E-state index in [1.165, 1.54) is 24.0 Å². The van der Waals surface area contributed by atoms with Crippen molar-refractivity contribution >= 4 is 11.8 Å². The summed E-state index contributed by atoms with van der Waals surface area (Å²) in [6, 6.07) is 14.3. The summed E-state index contributed by atoms with van der Waals surface area (Å²) in [7, 11) is 0. The Bertz CT molecular complexity index is 1200. The van der Waals surface area contributed by atoms with Crippen LogP contribution in [0.5, 0.6) is 5.75 Å². The van der Waals surface area contributed by atoms with E-state index in [1.807, 2.05) is 34.1 Å². The van der Waals surface area contributed by atoms with Crippen molar-refractivity contribution in [3.05, 3.63) is 64.7 Å². The summed E-state index contributed by atoms with van der Waals surface area (Å²) < 4.78 is 6.31. The minimum Gasteiger partial charge on any atom is -0.487 e. The van der Waals surface area contributed by atoms with Gasteiger partial charge in [0.15, 0.2) is 0 Å². The second kappa shape index (κ2) is 10.0. The summed E-state index contributed by atoms with van der Waals surface area (Å²) in [6.07, 6.45) is 6.91. The van der Waals surface area contributed by atoms with E-state index in [0.29, 0.717) is 17.4 Å². The number of carbonyl (C=O) groups is 2. The van der Waals surface area contributed by atoms with Gasteiger partial charge in [-0.2, -0.15) is 0 Å². The van der Waals surface area contributed by atoms with Crippen molar-refractivity contribution in [3.8, 4) is 5.75 Å². The van der Waals surface area contributed by atoms with Gasteiger partial charge in [0.25, 0.3) is 5.91 Å². The van der Waals surface area contributed by atoms with E-state index in [9.17, 15) is 9.59 Å². The lowest BCUT2D eigenvalue weighted by molar-refractivity contribution is -0.133. The normalized spacial score (nSPS) is 22.1. The van der Waals surface area contributed by atoms with E-state index in [4.69, 9.17) is 4.74 Å². The molecule has 6 heteroatoms. The van der Waals surface area contributed by atoms with Crippen molar-refractivity contribution in [3.63, 3.8) is 0 Å². The quantitative estimate of drug-likeness (QED) is 0.580. The van der Waals surface area contributed by atoms with Crippen LogP contribution >= 0.6 is 0 Å². The maximum absolute atomic E-state index is 13.5. The Hall–Kier alpha value is -2.86. The number of piperidine rings is 2. The highest BCUT2D eigenvalue weighted by atomic mass is 16.5. The number of nitrogens with zero attached hydrogens (tertiary/aromatic N) is 3. The Kier molecular flexibility index (Phi) is 6.71. The first kappa shape index (κ1) is 25.4. The van der Waals surface area contributed by atoms with Crippen LogP contribution in [-0.4, -0.2) is 71.4 Å². The van der Waals surface area contributed by atoms with Gasteiger partial charge in [-0.25, -0.2) is 0 Å². The maximum Gasteiger partial charge on any atom is 0.254 e. The summed E-state index contributed by atoms with van der Waals surface area (Å²) in [6.45, 7) is 10.8. The van der Waals surface area contributed by atoms with E-state index in [1.54, 1.807) is 0 Å². The fourth-order valence-electron chi connectivity index (χ4n) is 6.81. The topological polar surface area (TPSA) is 53.1 Å². The number of carbonyl (C=O) groups excluding carboxylic acids is 2. The van der Waals surface area contributed by atoms with E-state index in [2.05, 4.69) is 36.9 Å². The Balaban J connectivity index is 1.03. The molecule has 3 fully saturated rings. The van der Waals surface area contributed by atoms with Crippen molar-refractivity contribution < 1.29 is 14.3 Å². The van der Waals surface area contributed by atoms with Crippen molar-refractivity contribution in [2.24, 2.45) is 5.41 Å². The second-order valence-electron chi connectivity index (χ2n) is 12.6. The summed E-state index contributed by atoms with van der Waals surface area (Å²) in [5.74, 6) is 1.33. The van der Waals surface area contributed by atoms with Crippen LogP contribution in [0, 0.1) is 5.41 Å². The number of rotatable bonds is 5. The third-order valence-electron chi connectivity index (χ3n) is 9.39. The van der Waals surface area contributed by atoms with Crippen LogP contribution in [0.3, 0.4) is 0 Å². The molecule has 0 atom stereocenters. The van der Waals surface area contributed by atoms with Gasteiger partial charge in [0, 0.05) is 50.3 Å². The van der Waals surface area contributed by atoms with Gasteiger partial charge in [0.05, 0.1) is 6.42 Å². The van der Waals surface area contributed by atoms with Gasteiger partial charge in [-0.05, 0) is 81.6 Å². The van der Waals surface area contributed by atoms with Crippen molar-refractivity contribution in [1.82, 2.24) is 14.7 Å². The molecule has 2 amide bonds. The highest BCUT2D eigenvalue weighted by molar-refractivity contribution is 5.97. The van der Waals surface area contributed by atoms with Crippen LogP contribution in [0.1, 0.15) is 73.0 Å². The minimum atomic E-state index is -0.111. The monoisotopic (exact) mass is 515 g/mol. The molecule has 0 aromatic heterocycles. The van der Waals surface area contributed by atoms with Crippen molar-refractivity contribution in [2.75, 3.05) is 39.3 Å². The summed E-state index contributed by atoms with van der Waals surface area (Å²) >= 11 is 0. The maximum atomic E-state index is 13.5. The zero-order valence-electron chi connectivity index (χ0n) is 23.0. The van der Waals surface area contributed by atoms with Crippen LogP contribution in [0.2, 0.25) is 0 Å². The highest BCUT2D eigenvalue weighted by Crippen LogP contribution is 2.43. The van der Waals surface area contributed by atoms with Crippen molar-refractivity contribution in [1.29, 1.82) is 0 Å². The molecule has 4 aliphatic rings. The van der Waals surface area contributed by atoms with Gasteiger partial charge < -0.3 is 14.5 Å². The Morgan fingerprint density at radius 1 is 0.816 bits per heavy atom. The molecule has 3 saturated heterocycles. The Labute approximate surface area is 226 Å². The first-order chi connectivity index (χ1) is 18.3. The zero-order chi connectivity index (χ0) is 26.3. The van der Waals surface area contributed by atoms with Crippen LogP contribution in [0.4, 0.5) is 0 Å². The highest BCUT2D eigenvalue weighted by Gasteiger charge is 2.39. The van der Waals surface area contributed by atoms with Gasteiger partial charge in [0.2, 0.25) is 5.91 Å². The number of hydrogen-bond donors (Lipinski definition) is 0. The molecule has 2 aromatic rings. The van der Waals surface area contributed by atoms with Crippen molar-refractivity contribution in [2.45, 2.75) is 70.9 Å². The number of likely N-dealkylation sites (tertiary alicyclic amines) is 3. The lowest BCUT2D eigenvalue weighted by Gasteiger charge is -2.47. The molecular weight excluding hydrogens is 474 g/mol. The van der Waals surface area contributed by atoms with E-state index in [0.717, 1.165) is 82.8 Å². The fourth-order valence-corrected chi connectivity index (χ4v) is 6.81. The SMILES string of the molecule is CC1(C)Cc2cccc(CN3CCC4(CC3)CCN(C(=O)c3ccccc3CC(=O)N3CCC3)CC4)c2O1. The standard InChI is InChI=1S/C32H41N3O3/c1-31(2)22-25-8-5-9-26(29(25)38-31)23-33-17-11-32(12-18-33)13-19-35(20-14-32)30(37)27-10-4-3-7-24(27)21-28(36)34-15-6-16-34/h3-5,7-10H,6,11-23H2,1-2H3. The number of fused-ring (bicyclic) bond motifs is 1. The third kappa shape index (κ3) is 5.07. The predicted molar refractivity (Wildman–Crippen MR) is 148 cm³/mol. The van der Waals surface area contributed by atoms with Gasteiger partial charge in [-0.1, -0.05) is 36.4 Å². The molecule has 2 aromatic carbocycles. The molecule has 1 spiro atoms. The third-order valence-corrected chi connectivity index (χ3v) is 9.39. The smallest absolute Gasteiger partial charge is 0.254 e. The molecular formula is C32H41N3O3. The number of hydrogen-bond acceptors (Lipinski definition) is 4. The lowest BCUT2D eigenvalue weighted by Crippen LogP contribution is -2.48. The number of para-hydroxylation sites is 1. The number of ether oxygens (including phenoxy) is 1. The molecule has 6 nitrogen and oxygen atoms in total. The second-order valence-corrected chi connectivity index (χ2v) is 12.6. The predicted octanol–water partition coefficient (Wildman–Crippen LogP) is 4.69. The molecule has 6 rings (SSSR count). The summed E-state index contributed by atoms with van der Waals surface area (Å²) in [4.78, 5) is 32.6. The van der Waals surface area contributed by atoms with Crippen LogP contribution in [0.25, 0.3) is 0 Å². The van der Waals surface area contributed by atoms with Crippen LogP contribution < -0.4 is 4.74 Å². The minimum absolute atomic E-state index is 0.0881. The first-order valence-corrected chi connectivity index (χ1v) is 14.5. The average Bonchev–Trinajstić information content (AvgIpc) is 3.20. The molecule has 4 heterocycles. The molecule has 0 unspecified atom stereocenters. The molecule has 0 bridgehead atoms. The lowest BCUT2D eigenvalue weighted by atomic mass is 9.71. The zero-order valence-corrected chi connectivity index (χ0v) is 23.0. The van der Waals surface area contributed by atoms with Gasteiger partial charge in [0.1, 0.15) is 11.4 Å². The summed E-state index contributed by atoms with van der Waals surface area (Å²) in [5, 5.41) is 0. The van der Waals surface area contributed by atoms with E-state index < -0.39 is 0 Å². The largest absolute Gasteiger partial charge is 0.487 e. The van der Waals surface area contributed by atoms with Crippen LogP contribution in [0.15, 0.2) is 42.5 Å². The molecule has 4 aliphatic heterocycles. The molecule has 0 N–H and O–H groups in total. The van der Waals surface area contributed by atoms with E-state index >= 15 is 0 Å². The molecule has 0 aliphatic carbocycles. The number of amides is 2. The Morgan fingerprint density at radius 3 is 2.21 bits per heavy atom. The number of benzene rings is 2. The van der Waals surface area contributed by atoms with Gasteiger partial charge in [-0.15, -0.1) is 0 Å². The van der Waals surface area contributed by atoms with Crippen LogP contribution in [-0.2, 0) is 24.2 Å². The van der Waals surface area contributed by atoms with Gasteiger partial charge >= 0.3 is 0 Å². The molecule has 0 radical (unpaired) electrons. The fraction of sp³-hybridized carbons (Fsp3) is 0.562. The average molecular weight is 516 g/mol. The van der Waals surface area contributed by atoms with Gasteiger partial charge in [-0.3, -0.25) is 14.5 Å². The first-order valence-electron chi connectivity index (χ1n) is 14.5. The summed E-state index contributed by atoms with van der Waals surface area (Å²) in [5.41, 5.74) is 4.45.